The van der Waals surface area contributed by atoms with Gasteiger partial charge in [0, 0.05) is 31.9 Å². The minimum atomic E-state index is 0.603. The number of benzene rings is 1. The van der Waals surface area contributed by atoms with E-state index in [0.29, 0.717) is 6.04 Å². The number of hydrogen-bond donors (Lipinski definition) is 1. The average Bonchev–Trinajstić information content (AvgIpc) is 2.79. The summed E-state index contributed by atoms with van der Waals surface area (Å²) in [5.41, 5.74) is 4.35. The molecule has 0 fully saturated rings. The van der Waals surface area contributed by atoms with Gasteiger partial charge in [0.15, 0.2) is 0 Å². The molecule has 2 heteroatoms. The lowest BCUT2D eigenvalue weighted by Crippen LogP contribution is -2.32. The van der Waals surface area contributed by atoms with Crippen LogP contribution in [0.15, 0.2) is 18.2 Å². The molecule has 2 nitrogen and oxygen atoms in total. The first kappa shape index (κ1) is 14.4. The number of nitrogens with zero attached hydrogens (tertiary/aromatic N) is 1. The zero-order chi connectivity index (χ0) is 13.8. The highest BCUT2D eigenvalue weighted by molar-refractivity contribution is 5.58. The van der Waals surface area contributed by atoms with E-state index >= 15 is 0 Å². The Morgan fingerprint density at radius 1 is 1.26 bits per heavy atom. The third kappa shape index (κ3) is 3.30. The lowest BCUT2D eigenvalue weighted by atomic mass is 9.95. The Hall–Kier alpha value is -1.02. The van der Waals surface area contributed by atoms with Crippen LogP contribution in [0.4, 0.5) is 5.69 Å². The van der Waals surface area contributed by atoms with Crippen molar-refractivity contribution in [1.29, 1.82) is 0 Å². The molecule has 19 heavy (non-hydrogen) atoms. The van der Waals surface area contributed by atoms with E-state index in [0.717, 1.165) is 19.0 Å². The molecule has 1 N–H and O–H groups in total. The summed E-state index contributed by atoms with van der Waals surface area (Å²) in [7, 11) is 2.18. The van der Waals surface area contributed by atoms with Crippen LogP contribution in [0.2, 0.25) is 0 Å². The van der Waals surface area contributed by atoms with E-state index in [1.807, 2.05) is 0 Å². The van der Waals surface area contributed by atoms with Crippen molar-refractivity contribution in [2.24, 2.45) is 5.92 Å². The third-order valence-corrected chi connectivity index (χ3v) is 4.66. The van der Waals surface area contributed by atoms with Crippen molar-refractivity contribution in [3.63, 3.8) is 0 Å². The number of anilines is 1. The fraction of sp³-hybridized carbons (Fsp3) is 0.647. The van der Waals surface area contributed by atoms with Crippen molar-refractivity contribution < 1.29 is 0 Å². The predicted molar refractivity (Wildman–Crippen MR) is 83.8 cm³/mol. The van der Waals surface area contributed by atoms with Crippen molar-refractivity contribution >= 4 is 5.69 Å². The van der Waals surface area contributed by atoms with E-state index in [1.54, 1.807) is 0 Å². The molecule has 2 rings (SSSR count). The van der Waals surface area contributed by atoms with Gasteiger partial charge in [-0.2, -0.15) is 0 Å². The normalized spacial score (nSPS) is 15.9. The summed E-state index contributed by atoms with van der Waals surface area (Å²) in [5.74, 6) is 0.792. The Labute approximate surface area is 118 Å². The highest BCUT2D eigenvalue weighted by Crippen LogP contribution is 2.27. The molecule has 0 radical (unpaired) electrons. The van der Waals surface area contributed by atoms with Gasteiger partial charge in [-0.15, -0.1) is 0 Å². The second-order valence-corrected chi connectivity index (χ2v) is 5.88. The van der Waals surface area contributed by atoms with Crippen LogP contribution in [-0.4, -0.2) is 19.6 Å². The molecular formula is C17H28N2. The molecule has 106 valence electrons. The standard InChI is InChI=1S/C17H28N2/c1-5-15(6-2)13(3)18-12-14-7-8-17-16(11-14)9-10-19(17)4/h7-8,11,13,15,18H,5-6,9-10,12H2,1-4H3. The number of nitrogens with one attached hydrogen (secondary N) is 1. The largest absolute Gasteiger partial charge is 0.374 e. The number of likely N-dealkylation sites (N-methyl/N-ethyl adjacent to an activating group) is 1. The summed E-state index contributed by atoms with van der Waals surface area (Å²) in [6.45, 7) is 9.05. The Morgan fingerprint density at radius 3 is 2.68 bits per heavy atom. The van der Waals surface area contributed by atoms with Crippen LogP contribution in [0.3, 0.4) is 0 Å². The lowest BCUT2D eigenvalue weighted by molar-refractivity contribution is 0.353. The zero-order valence-electron chi connectivity index (χ0n) is 12.9. The average molecular weight is 260 g/mol. The summed E-state index contributed by atoms with van der Waals surface area (Å²) in [6.07, 6.45) is 3.72. The fourth-order valence-corrected chi connectivity index (χ4v) is 3.17. The lowest BCUT2D eigenvalue weighted by Gasteiger charge is -2.22. The molecule has 0 spiro atoms. The van der Waals surface area contributed by atoms with E-state index in [9.17, 15) is 0 Å². The smallest absolute Gasteiger partial charge is 0.0397 e. The van der Waals surface area contributed by atoms with Gasteiger partial charge in [0.1, 0.15) is 0 Å². The summed E-state index contributed by atoms with van der Waals surface area (Å²) >= 11 is 0. The van der Waals surface area contributed by atoms with Crippen molar-refractivity contribution in [2.45, 2.75) is 52.6 Å². The molecule has 1 atom stereocenters. The molecule has 0 amide bonds. The van der Waals surface area contributed by atoms with Gasteiger partial charge in [-0.05, 0) is 36.5 Å². The minimum Gasteiger partial charge on any atom is -0.374 e. The molecule has 1 heterocycles. The molecule has 1 unspecified atom stereocenters. The Kier molecular flexibility index (Phi) is 4.87. The first-order valence-corrected chi connectivity index (χ1v) is 7.72. The number of rotatable bonds is 6. The zero-order valence-corrected chi connectivity index (χ0v) is 12.9. The molecule has 1 aliphatic heterocycles. The SMILES string of the molecule is CCC(CC)C(C)NCc1ccc2c(c1)CCN2C. The van der Waals surface area contributed by atoms with Gasteiger partial charge < -0.3 is 10.2 Å². The van der Waals surface area contributed by atoms with Crippen molar-refractivity contribution in [1.82, 2.24) is 5.32 Å². The van der Waals surface area contributed by atoms with Crippen LogP contribution in [0.1, 0.15) is 44.7 Å². The van der Waals surface area contributed by atoms with E-state index < -0.39 is 0 Å². The quantitative estimate of drug-likeness (QED) is 0.841. The number of fused-ring (bicyclic) bond motifs is 1. The Bertz CT molecular complexity index is 410. The maximum atomic E-state index is 3.69. The van der Waals surface area contributed by atoms with Gasteiger partial charge in [0.2, 0.25) is 0 Å². The van der Waals surface area contributed by atoms with E-state index in [4.69, 9.17) is 0 Å². The van der Waals surface area contributed by atoms with Crippen molar-refractivity contribution in [3.8, 4) is 0 Å². The molecule has 0 bridgehead atoms. The van der Waals surface area contributed by atoms with Crippen LogP contribution < -0.4 is 10.2 Å². The van der Waals surface area contributed by atoms with Crippen molar-refractivity contribution in [2.75, 3.05) is 18.5 Å². The van der Waals surface area contributed by atoms with Gasteiger partial charge in [0.05, 0.1) is 0 Å². The molecule has 0 aromatic heterocycles. The molecule has 0 saturated carbocycles. The maximum Gasteiger partial charge on any atom is 0.0397 e. The summed E-state index contributed by atoms with van der Waals surface area (Å²) in [4.78, 5) is 2.35. The van der Waals surface area contributed by atoms with Gasteiger partial charge in [-0.3, -0.25) is 0 Å². The van der Waals surface area contributed by atoms with Crippen LogP contribution in [0, 0.1) is 5.92 Å². The van der Waals surface area contributed by atoms with E-state index in [1.165, 1.54) is 36.1 Å². The van der Waals surface area contributed by atoms with Crippen LogP contribution in [-0.2, 0) is 13.0 Å². The Morgan fingerprint density at radius 2 is 2.00 bits per heavy atom. The molecule has 1 aliphatic rings. The highest BCUT2D eigenvalue weighted by Gasteiger charge is 2.16. The van der Waals surface area contributed by atoms with Gasteiger partial charge in [-0.1, -0.05) is 38.8 Å². The molecule has 1 aromatic carbocycles. The summed E-state index contributed by atoms with van der Waals surface area (Å²) < 4.78 is 0. The molecule has 1 aromatic rings. The van der Waals surface area contributed by atoms with Crippen LogP contribution >= 0.6 is 0 Å². The second kappa shape index (κ2) is 6.42. The highest BCUT2D eigenvalue weighted by atomic mass is 15.1. The predicted octanol–water partition coefficient (Wildman–Crippen LogP) is 3.59. The topological polar surface area (TPSA) is 15.3 Å². The van der Waals surface area contributed by atoms with Crippen LogP contribution in [0.25, 0.3) is 0 Å². The summed E-state index contributed by atoms with van der Waals surface area (Å²) in [6, 6.07) is 7.53. The molecule has 0 saturated heterocycles. The van der Waals surface area contributed by atoms with E-state index in [2.05, 4.69) is 56.2 Å². The maximum absolute atomic E-state index is 3.69. The second-order valence-electron chi connectivity index (χ2n) is 5.88. The van der Waals surface area contributed by atoms with Gasteiger partial charge in [0.25, 0.3) is 0 Å². The van der Waals surface area contributed by atoms with Crippen LogP contribution in [0.5, 0.6) is 0 Å². The third-order valence-electron chi connectivity index (χ3n) is 4.66. The van der Waals surface area contributed by atoms with Crippen molar-refractivity contribution in [3.05, 3.63) is 29.3 Å². The molecular weight excluding hydrogens is 232 g/mol. The first-order valence-electron chi connectivity index (χ1n) is 7.72. The Balaban J connectivity index is 1.94. The minimum absolute atomic E-state index is 0.603. The van der Waals surface area contributed by atoms with Gasteiger partial charge >= 0.3 is 0 Å². The molecule has 0 aliphatic carbocycles. The monoisotopic (exact) mass is 260 g/mol. The number of hydrogen-bond acceptors (Lipinski definition) is 2. The fourth-order valence-electron chi connectivity index (χ4n) is 3.17. The van der Waals surface area contributed by atoms with E-state index in [-0.39, 0.29) is 0 Å². The first-order chi connectivity index (χ1) is 9.15. The summed E-state index contributed by atoms with van der Waals surface area (Å²) in [5, 5.41) is 3.69. The van der Waals surface area contributed by atoms with Gasteiger partial charge in [-0.25, -0.2) is 0 Å².